The molecule has 0 radical (unpaired) electrons. The second-order valence-electron chi connectivity index (χ2n) is 7.75. The van der Waals surface area contributed by atoms with Crippen molar-refractivity contribution in [3.63, 3.8) is 0 Å². The van der Waals surface area contributed by atoms with Crippen LogP contribution in [0, 0.1) is 33.8 Å². The molecule has 0 spiro atoms. The van der Waals surface area contributed by atoms with Crippen LogP contribution >= 0.6 is 0 Å². The van der Waals surface area contributed by atoms with Crippen molar-refractivity contribution in [3.8, 4) is 0 Å². The van der Waals surface area contributed by atoms with Gasteiger partial charge in [-0.05, 0) is 48.5 Å². The number of rotatable bonds is 3. The predicted octanol–water partition coefficient (Wildman–Crippen LogP) is 4.53. The van der Waals surface area contributed by atoms with Crippen molar-refractivity contribution in [2.24, 2.45) is 16.7 Å². The van der Waals surface area contributed by atoms with Crippen LogP contribution in [0.5, 0.6) is 0 Å². The minimum absolute atomic E-state index is 0.161. The Hall–Kier alpha value is -1.58. The Morgan fingerprint density at radius 3 is 2.62 bits per heavy atom. The maximum Gasteiger partial charge on any atom is 0.271 e. The van der Waals surface area contributed by atoms with E-state index in [2.05, 4.69) is 26.1 Å². The van der Waals surface area contributed by atoms with E-state index in [9.17, 15) is 10.1 Å². The average molecular weight is 288 g/mol. The molecule has 0 heterocycles. The first-order valence-corrected chi connectivity index (χ1v) is 7.76. The van der Waals surface area contributed by atoms with Crippen LogP contribution in [0.1, 0.15) is 45.6 Å². The van der Waals surface area contributed by atoms with Crippen molar-refractivity contribution in [2.75, 3.05) is 5.32 Å². The molecule has 2 bridgehead atoms. The van der Waals surface area contributed by atoms with Crippen LogP contribution in [0.25, 0.3) is 0 Å². The van der Waals surface area contributed by atoms with Gasteiger partial charge in [0.2, 0.25) is 0 Å². The molecular weight excluding hydrogens is 264 g/mol. The van der Waals surface area contributed by atoms with E-state index in [1.165, 1.54) is 19.3 Å². The van der Waals surface area contributed by atoms with Gasteiger partial charge in [-0.3, -0.25) is 10.1 Å². The number of hydrogen-bond acceptors (Lipinski definition) is 3. The molecule has 4 nitrogen and oxygen atoms in total. The predicted molar refractivity (Wildman–Crippen MR) is 84.5 cm³/mol. The molecule has 1 unspecified atom stereocenters. The third kappa shape index (κ3) is 2.12. The normalized spacial score (nSPS) is 33.1. The van der Waals surface area contributed by atoms with Gasteiger partial charge in [0.1, 0.15) is 0 Å². The third-order valence-electron chi connectivity index (χ3n) is 6.00. The number of benzene rings is 1. The lowest BCUT2D eigenvalue weighted by molar-refractivity contribution is -0.384. The van der Waals surface area contributed by atoms with E-state index in [1.807, 2.05) is 13.0 Å². The molecular formula is C17H24N2O2. The first kappa shape index (κ1) is 14.4. The summed E-state index contributed by atoms with van der Waals surface area (Å²) < 4.78 is 0. The highest BCUT2D eigenvalue weighted by Crippen LogP contribution is 2.63. The smallest absolute Gasteiger partial charge is 0.271 e. The Morgan fingerprint density at radius 1 is 1.33 bits per heavy atom. The van der Waals surface area contributed by atoms with Crippen LogP contribution in [-0.2, 0) is 0 Å². The molecule has 0 saturated heterocycles. The summed E-state index contributed by atoms with van der Waals surface area (Å²) in [5.74, 6) is 0.763. The molecule has 0 amide bonds. The van der Waals surface area contributed by atoms with Gasteiger partial charge in [-0.25, -0.2) is 0 Å². The largest absolute Gasteiger partial charge is 0.381 e. The van der Waals surface area contributed by atoms with Crippen molar-refractivity contribution in [2.45, 2.75) is 53.0 Å². The number of nitro groups is 1. The Balaban J connectivity index is 1.93. The monoisotopic (exact) mass is 288 g/mol. The summed E-state index contributed by atoms with van der Waals surface area (Å²) in [6.45, 7) is 9.06. The van der Waals surface area contributed by atoms with Crippen LogP contribution in [0.15, 0.2) is 18.2 Å². The maximum absolute atomic E-state index is 11.0. The fourth-order valence-corrected chi connectivity index (χ4v) is 4.70. The summed E-state index contributed by atoms with van der Waals surface area (Å²) in [6.07, 6.45) is 3.84. The number of hydrogen-bond donors (Lipinski definition) is 1. The van der Waals surface area contributed by atoms with Gasteiger partial charge in [-0.1, -0.05) is 26.8 Å². The van der Waals surface area contributed by atoms with E-state index in [0.717, 1.165) is 17.2 Å². The zero-order valence-electron chi connectivity index (χ0n) is 13.3. The summed E-state index contributed by atoms with van der Waals surface area (Å²) in [6, 6.07) is 5.47. The van der Waals surface area contributed by atoms with E-state index in [0.29, 0.717) is 11.5 Å². The first-order valence-electron chi connectivity index (χ1n) is 7.76. The van der Waals surface area contributed by atoms with Crippen molar-refractivity contribution in [1.82, 2.24) is 0 Å². The quantitative estimate of drug-likeness (QED) is 0.656. The molecule has 1 N–H and O–H groups in total. The SMILES string of the molecule is Cc1ccc([N+](=O)[O-])cc1NC1C(C)(C)[C@H]2CC[C@]1(C)C2. The summed E-state index contributed by atoms with van der Waals surface area (Å²) in [5.41, 5.74) is 2.70. The fraction of sp³-hybridized carbons (Fsp3) is 0.647. The maximum atomic E-state index is 11.0. The summed E-state index contributed by atoms with van der Waals surface area (Å²) in [5, 5.41) is 14.7. The number of nitrogens with one attached hydrogen (secondary N) is 1. The lowest BCUT2D eigenvalue weighted by atomic mass is 9.68. The van der Waals surface area contributed by atoms with Crippen LogP contribution in [0.4, 0.5) is 11.4 Å². The summed E-state index contributed by atoms with van der Waals surface area (Å²) >= 11 is 0. The van der Waals surface area contributed by atoms with Crippen molar-refractivity contribution in [1.29, 1.82) is 0 Å². The van der Waals surface area contributed by atoms with Crippen LogP contribution in [0.2, 0.25) is 0 Å². The van der Waals surface area contributed by atoms with Gasteiger partial charge in [0.15, 0.2) is 0 Å². The Labute approximate surface area is 126 Å². The molecule has 2 aliphatic rings. The highest BCUT2D eigenvalue weighted by Gasteiger charge is 2.59. The van der Waals surface area contributed by atoms with Gasteiger partial charge >= 0.3 is 0 Å². The van der Waals surface area contributed by atoms with Gasteiger partial charge < -0.3 is 5.32 Å². The van der Waals surface area contributed by atoms with Crippen molar-refractivity contribution < 1.29 is 4.92 Å². The zero-order chi connectivity index (χ0) is 15.4. The number of nitro benzene ring substituents is 1. The highest BCUT2D eigenvalue weighted by atomic mass is 16.6. The molecule has 2 saturated carbocycles. The molecule has 0 aromatic heterocycles. The van der Waals surface area contributed by atoms with Crippen LogP contribution in [0.3, 0.4) is 0 Å². The molecule has 2 fully saturated rings. The molecule has 1 aromatic rings. The van der Waals surface area contributed by atoms with Gasteiger partial charge in [-0.2, -0.15) is 0 Å². The Morgan fingerprint density at radius 2 is 2.05 bits per heavy atom. The average Bonchev–Trinajstić information content (AvgIpc) is 2.87. The number of anilines is 1. The number of nitrogens with zero attached hydrogens (tertiary/aromatic N) is 1. The Bertz CT molecular complexity index is 592. The summed E-state index contributed by atoms with van der Waals surface area (Å²) in [7, 11) is 0. The first-order chi connectivity index (χ1) is 9.74. The van der Waals surface area contributed by atoms with Crippen molar-refractivity contribution in [3.05, 3.63) is 33.9 Å². The van der Waals surface area contributed by atoms with E-state index in [1.54, 1.807) is 12.1 Å². The minimum Gasteiger partial charge on any atom is -0.381 e. The fourth-order valence-electron chi connectivity index (χ4n) is 4.70. The van der Waals surface area contributed by atoms with Crippen molar-refractivity contribution >= 4 is 11.4 Å². The van der Waals surface area contributed by atoms with Crippen LogP contribution in [-0.4, -0.2) is 11.0 Å². The summed E-state index contributed by atoms with van der Waals surface area (Å²) in [4.78, 5) is 10.7. The van der Waals surface area contributed by atoms with E-state index < -0.39 is 0 Å². The molecule has 2 aliphatic carbocycles. The van der Waals surface area contributed by atoms with Gasteiger partial charge in [0.25, 0.3) is 5.69 Å². The molecule has 4 heteroatoms. The highest BCUT2D eigenvalue weighted by molar-refractivity contribution is 5.58. The second-order valence-corrected chi connectivity index (χ2v) is 7.75. The zero-order valence-corrected chi connectivity index (χ0v) is 13.3. The van der Waals surface area contributed by atoms with Gasteiger partial charge in [0, 0.05) is 23.9 Å². The van der Waals surface area contributed by atoms with Crippen LogP contribution < -0.4 is 5.32 Å². The van der Waals surface area contributed by atoms with Gasteiger partial charge in [0.05, 0.1) is 4.92 Å². The standard InChI is InChI=1S/C17H24N2O2/c1-11-5-6-13(19(20)21)9-14(11)18-15-16(2,3)12-7-8-17(15,4)10-12/h5-6,9,12,15,18H,7-8,10H2,1-4H3/t12-,15?,17+/m0/s1. The minimum atomic E-state index is -0.321. The lowest BCUT2D eigenvalue weighted by Gasteiger charge is -2.43. The third-order valence-corrected chi connectivity index (χ3v) is 6.00. The molecule has 0 aliphatic heterocycles. The number of aryl methyl sites for hydroxylation is 1. The molecule has 21 heavy (non-hydrogen) atoms. The topological polar surface area (TPSA) is 55.2 Å². The second kappa shape index (κ2) is 4.46. The van der Waals surface area contributed by atoms with Gasteiger partial charge in [-0.15, -0.1) is 0 Å². The molecule has 3 atom stereocenters. The number of fused-ring (bicyclic) bond motifs is 2. The molecule has 1 aromatic carbocycles. The van der Waals surface area contributed by atoms with E-state index in [-0.39, 0.29) is 16.0 Å². The van der Waals surface area contributed by atoms with E-state index >= 15 is 0 Å². The molecule has 114 valence electrons. The number of non-ortho nitro benzene ring substituents is 1. The molecule has 3 rings (SSSR count). The Kier molecular flexibility index (Phi) is 3.05. The van der Waals surface area contributed by atoms with E-state index in [4.69, 9.17) is 0 Å². The lowest BCUT2D eigenvalue weighted by Crippen LogP contribution is -2.45.